The van der Waals surface area contributed by atoms with Crippen molar-refractivity contribution in [1.29, 1.82) is 0 Å². The summed E-state index contributed by atoms with van der Waals surface area (Å²) in [6.45, 7) is 2.33. The summed E-state index contributed by atoms with van der Waals surface area (Å²) in [6, 6.07) is 9.79. The smallest absolute Gasteiger partial charge is 0.258 e. The summed E-state index contributed by atoms with van der Waals surface area (Å²) in [5.74, 6) is 0. The monoisotopic (exact) mass is 335 g/mol. The maximum Gasteiger partial charge on any atom is 0.258 e. The predicted octanol–water partition coefficient (Wildman–Crippen LogP) is 3.19. The largest absolute Gasteiger partial charge is 0.381 e. The number of benzene rings is 1. The zero-order valence-corrected chi connectivity index (χ0v) is 12.9. The normalized spacial score (nSPS) is 18.2. The Bertz CT molecular complexity index is 659. The van der Waals surface area contributed by atoms with Crippen molar-refractivity contribution in [3.05, 3.63) is 46.9 Å². The number of hydrogen-bond donors (Lipinski definition) is 0. The van der Waals surface area contributed by atoms with E-state index < -0.39 is 0 Å². The number of hydrogen-bond acceptors (Lipinski definition) is 2. The van der Waals surface area contributed by atoms with Gasteiger partial charge in [-0.25, -0.2) is 0 Å². The van der Waals surface area contributed by atoms with Crippen LogP contribution in [0.25, 0.3) is 10.8 Å². The molecule has 1 aliphatic heterocycles. The van der Waals surface area contributed by atoms with E-state index in [2.05, 4.69) is 15.9 Å². The minimum atomic E-state index is 0.106. The minimum absolute atomic E-state index is 0.106. The van der Waals surface area contributed by atoms with Crippen molar-refractivity contribution in [2.45, 2.75) is 19.4 Å². The van der Waals surface area contributed by atoms with Gasteiger partial charge in [-0.15, -0.1) is 0 Å². The molecule has 0 N–H and O–H groups in total. The number of ether oxygens (including phenoxy) is 1. The van der Waals surface area contributed by atoms with Gasteiger partial charge in [0.2, 0.25) is 0 Å². The molecule has 1 aromatic carbocycles. The molecule has 2 heterocycles. The van der Waals surface area contributed by atoms with Crippen molar-refractivity contribution in [1.82, 2.24) is 4.57 Å². The van der Waals surface area contributed by atoms with Crippen LogP contribution in [0, 0.1) is 5.41 Å². The molecule has 106 valence electrons. The number of fused-ring (bicyclic) bond motifs is 1. The zero-order valence-electron chi connectivity index (χ0n) is 11.3. The number of aromatic nitrogens is 1. The quantitative estimate of drug-likeness (QED) is 0.806. The van der Waals surface area contributed by atoms with Crippen LogP contribution in [0.15, 0.2) is 41.3 Å². The molecule has 1 aromatic heterocycles. The van der Waals surface area contributed by atoms with Crippen LogP contribution < -0.4 is 5.56 Å². The van der Waals surface area contributed by atoms with Gasteiger partial charge in [0.25, 0.3) is 5.56 Å². The van der Waals surface area contributed by atoms with E-state index in [1.807, 2.05) is 41.1 Å². The molecule has 0 aliphatic carbocycles. The molecule has 0 amide bonds. The van der Waals surface area contributed by atoms with E-state index in [0.29, 0.717) is 0 Å². The molecule has 3 rings (SSSR count). The van der Waals surface area contributed by atoms with Crippen molar-refractivity contribution in [3.8, 4) is 0 Å². The van der Waals surface area contributed by atoms with Crippen LogP contribution in [-0.4, -0.2) is 23.1 Å². The standard InChI is InChI=1S/C16H18BrNO2/c17-11-16(6-9-20-10-7-16)12-18-8-5-13-3-1-2-4-14(13)15(18)19/h1-5,8H,6-7,9-12H2. The third-order valence-corrected chi connectivity index (χ3v) is 5.42. The van der Waals surface area contributed by atoms with Crippen LogP contribution in [0.4, 0.5) is 0 Å². The Hall–Kier alpha value is -1.13. The molecule has 1 saturated heterocycles. The van der Waals surface area contributed by atoms with Gasteiger partial charge < -0.3 is 9.30 Å². The van der Waals surface area contributed by atoms with Crippen LogP contribution in [0.1, 0.15) is 12.8 Å². The van der Waals surface area contributed by atoms with E-state index in [9.17, 15) is 4.79 Å². The Morgan fingerprint density at radius 3 is 2.70 bits per heavy atom. The highest BCUT2D eigenvalue weighted by atomic mass is 79.9. The van der Waals surface area contributed by atoms with Gasteiger partial charge in [0.15, 0.2) is 0 Å². The summed E-state index contributed by atoms with van der Waals surface area (Å²) >= 11 is 3.63. The lowest BCUT2D eigenvalue weighted by Crippen LogP contribution is -2.38. The molecule has 0 saturated carbocycles. The third kappa shape index (κ3) is 2.54. The molecule has 4 heteroatoms. The van der Waals surface area contributed by atoms with E-state index in [0.717, 1.165) is 48.7 Å². The molecule has 1 aliphatic rings. The second-order valence-corrected chi connectivity index (χ2v) is 6.14. The molecule has 20 heavy (non-hydrogen) atoms. The van der Waals surface area contributed by atoms with Crippen LogP contribution in [0.5, 0.6) is 0 Å². The summed E-state index contributed by atoms with van der Waals surface area (Å²) in [5, 5.41) is 2.71. The number of rotatable bonds is 3. The number of halogens is 1. The lowest BCUT2D eigenvalue weighted by atomic mass is 9.82. The SMILES string of the molecule is O=c1c2ccccc2ccn1CC1(CBr)CCOCC1. The topological polar surface area (TPSA) is 31.2 Å². The molecular weight excluding hydrogens is 318 g/mol. The van der Waals surface area contributed by atoms with Gasteiger partial charge in [-0.05, 0) is 30.4 Å². The fraction of sp³-hybridized carbons (Fsp3) is 0.438. The maximum atomic E-state index is 12.6. The second kappa shape index (κ2) is 5.70. The number of alkyl halides is 1. The van der Waals surface area contributed by atoms with Gasteiger partial charge in [0.1, 0.15) is 0 Å². The Morgan fingerprint density at radius 2 is 1.95 bits per heavy atom. The second-order valence-electron chi connectivity index (χ2n) is 5.58. The Balaban J connectivity index is 1.98. The third-order valence-electron chi connectivity index (χ3n) is 4.23. The first-order valence-electron chi connectivity index (χ1n) is 6.96. The predicted molar refractivity (Wildman–Crippen MR) is 84.5 cm³/mol. The summed E-state index contributed by atoms with van der Waals surface area (Å²) < 4.78 is 7.31. The summed E-state index contributed by atoms with van der Waals surface area (Å²) in [5.41, 5.74) is 0.236. The molecule has 1 fully saturated rings. The molecule has 0 bridgehead atoms. The average Bonchev–Trinajstić information content (AvgIpc) is 2.51. The van der Waals surface area contributed by atoms with Gasteiger partial charge >= 0.3 is 0 Å². The molecule has 3 nitrogen and oxygen atoms in total. The van der Waals surface area contributed by atoms with Crippen LogP contribution in [-0.2, 0) is 11.3 Å². The zero-order chi connectivity index (χ0) is 14.0. The van der Waals surface area contributed by atoms with Crippen LogP contribution in [0.2, 0.25) is 0 Å². The molecular formula is C16H18BrNO2. The lowest BCUT2D eigenvalue weighted by Gasteiger charge is -2.36. The minimum Gasteiger partial charge on any atom is -0.381 e. The van der Waals surface area contributed by atoms with E-state index in [1.54, 1.807) is 0 Å². The molecule has 0 spiro atoms. The molecule has 2 aromatic rings. The highest BCUT2D eigenvalue weighted by Crippen LogP contribution is 2.34. The Labute approximate surface area is 126 Å². The summed E-state index contributed by atoms with van der Waals surface area (Å²) in [7, 11) is 0. The van der Waals surface area contributed by atoms with E-state index in [1.165, 1.54) is 0 Å². The molecule has 0 radical (unpaired) electrons. The summed E-state index contributed by atoms with van der Waals surface area (Å²) in [6.07, 6.45) is 3.92. The van der Waals surface area contributed by atoms with E-state index >= 15 is 0 Å². The van der Waals surface area contributed by atoms with Gasteiger partial charge in [-0.3, -0.25) is 4.79 Å². The van der Waals surface area contributed by atoms with Gasteiger partial charge in [-0.2, -0.15) is 0 Å². The van der Waals surface area contributed by atoms with Gasteiger partial charge in [0, 0.05) is 42.1 Å². The first-order valence-corrected chi connectivity index (χ1v) is 8.08. The first kappa shape index (κ1) is 13.8. The van der Waals surface area contributed by atoms with Crippen LogP contribution in [0.3, 0.4) is 0 Å². The van der Waals surface area contributed by atoms with Crippen LogP contribution >= 0.6 is 15.9 Å². The fourth-order valence-corrected chi connectivity index (χ4v) is 3.59. The van der Waals surface area contributed by atoms with Crippen molar-refractivity contribution in [2.75, 3.05) is 18.5 Å². The van der Waals surface area contributed by atoms with Gasteiger partial charge in [-0.1, -0.05) is 34.1 Å². The van der Waals surface area contributed by atoms with Crippen molar-refractivity contribution in [3.63, 3.8) is 0 Å². The van der Waals surface area contributed by atoms with Crippen molar-refractivity contribution in [2.24, 2.45) is 5.41 Å². The Morgan fingerprint density at radius 1 is 1.20 bits per heavy atom. The van der Waals surface area contributed by atoms with E-state index in [-0.39, 0.29) is 11.0 Å². The van der Waals surface area contributed by atoms with E-state index in [4.69, 9.17) is 4.74 Å². The van der Waals surface area contributed by atoms with Gasteiger partial charge in [0.05, 0.1) is 0 Å². The Kier molecular flexibility index (Phi) is 3.94. The summed E-state index contributed by atoms with van der Waals surface area (Å²) in [4.78, 5) is 12.6. The number of pyridine rings is 1. The van der Waals surface area contributed by atoms with Crippen molar-refractivity contribution < 1.29 is 4.74 Å². The fourth-order valence-electron chi connectivity index (χ4n) is 2.85. The van der Waals surface area contributed by atoms with Crippen molar-refractivity contribution >= 4 is 26.7 Å². The lowest BCUT2D eigenvalue weighted by molar-refractivity contribution is 0.0182. The highest BCUT2D eigenvalue weighted by molar-refractivity contribution is 9.09. The highest BCUT2D eigenvalue weighted by Gasteiger charge is 2.32. The average molecular weight is 336 g/mol. The molecule has 0 unspecified atom stereocenters. The first-order chi connectivity index (χ1) is 9.74. The maximum absolute atomic E-state index is 12.6. The number of nitrogens with zero attached hydrogens (tertiary/aromatic N) is 1. The molecule has 0 atom stereocenters.